The lowest BCUT2D eigenvalue weighted by atomic mass is 9.89. The van der Waals surface area contributed by atoms with E-state index in [1.165, 1.54) is 22.5 Å². The first-order chi connectivity index (χ1) is 30.8. The average Bonchev–Trinajstić information content (AvgIpc) is 3.31. The molecule has 2 N–H and O–H groups in total. The molecule has 0 bridgehead atoms. The van der Waals surface area contributed by atoms with E-state index in [-0.39, 0.29) is 29.7 Å². The number of rotatable bonds is 8. The van der Waals surface area contributed by atoms with Gasteiger partial charge in [0.1, 0.15) is 0 Å². The van der Waals surface area contributed by atoms with Gasteiger partial charge in [0.05, 0.1) is 23.0 Å². The van der Waals surface area contributed by atoms with Crippen LogP contribution in [0.3, 0.4) is 0 Å². The molecule has 3 saturated heterocycles. The van der Waals surface area contributed by atoms with Gasteiger partial charge in [-0.1, -0.05) is 54.6 Å². The molecule has 7 amide bonds. The van der Waals surface area contributed by atoms with E-state index in [1.54, 1.807) is 41.3 Å². The molecule has 0 spiro atoms. The highest BCUT2D eigenvalue weighted by Gasteiger charge is 2.36. The molecule has 0 radical (unpaired) electrons. The molecule has 64 heavy (non-hydrogen) atoms. The first-order valence-electron chi connectivity index (χ1n) is 22.6. The first-order valence-corrected chi connectivity index (χ1v) is 22.6. The third-order valence-electron chi connectivity index (χ3n) is 12.9. The summed E-state index contributed by atoms with van der Waals surface area (Å²) < 4.78 is 0. The van der Waals surface area contributed by atoms with Crippen LogP contribution in [-0.4, -0.2) is 95.8 Å². The van der Waals surface area contributed by atoms with Crippen LogP contribution in [0.15, 0.2) is 91.0 Å². The number of carbonyl (C=O) groups is 5. The zero-order valence-corrected chi connectivity index (χ0v) is 37.7. The number of nitrogens with one attached hydrogen (secondary N) is 2. The van der Waals surface area contributed by atoms with Gasteiger partial charge in [-0.3, -0.25) is 14.4 Å². The van der Waals surface area contributed by atoms with Crippen LogP contribution in [0.4, 0.5) is 21.0 Å². The Labute approximate surface area is 377 Å². The Morgan fingerprint density at radius 2 is 1.14 bits per heavy atom. The Balaban J connectivity index is 1.22. The molecule has 0 aliphatic carbocycles. The summed E-state index contributed by atoms with van der Waals surface area (Å²) in [6, 6.07) is 28.7. The number of nitriles is 1. The second kappa shape index (κ2) is 20.2. The number of benzene rings is 4. The molecular formula is C51H60N8O5. The predicted molar refractivity (Wildman–Crippen MR) is 248 cm³/mol. The number of hydrogen-bond donors (Lipinski definition) is 2. The van der Waals surface area contributed by atoms with E-state index in [0.29, 0.717) is 97.2 Å². The van der Waals surface area contributed by atoms with Crippen molar-refractivity contribution in [3.05, 3.63) is 130 Å². The van der Waals surface area contributed by atoms with Crippen molar-refractivity contribution in [1.82, 2.24) is 25.3 Å². The Kier molecular flexibility index (Phi) is 14.3. The first kappa shape index (κ1) is 45.3. The monoisotopic (exact) mass is 864 g/mol. The molecule has 0 aromatic heterocycles. The van der Waals surface area contributed by atoms with E-state index in [4.69, 9.17) is 0 Å². The minimum atomic E-state index is -0.621. The van der Waals surface area contributed by atoms with Crippen LogP contribution in [0.1, 0.15) is 120 Å². The molecule has 3 heterocycles. The quantitative estimate of drug-likeness (QED) is 0.170. The largest absolute Gasteiger partial charge is 0.341 e. The number of amides is 7. The van der Waals surface area contributed by atoms with Crippen molar-refractivity contribution in [3.8, 4) is 6.07 Å². The fourth-order valence-corrected chi connectivity index (χ4v) is 9.23. The molecule has 0 saturated carbocycles. The van der Waals surface area contributed by atoms with Crippen molar-refractivity contribution in [2.75, 3.05) is 49.3 Å². The molecule has 4 aromatic rings. The SMILES string of the molecule is CC(=O)N1CCCC(NC(=O)N(c2cc(C(=O)N3CCC(c4ccc(C#N)cc4)CC3)ccc2C)N(C(=O)NC(C)C)c2cc(C(=O)N3CCC(c4ccccc4)CC3)ccc2C)C1. The van der Waals surface area contributed by atoms with E-state index >= 15 is 4.79 Å². The number of hydrazine groups is 1. The maximum atomic E-state index is 15.1. The van der Waals surface area contributed by atoms with Gasteiger partial charge in [0, 0.05) is 69.4 Å². The van der Waals surface area contributed by atoms with Crippen LogP contribution in [0.2, 0.25) is 0 Å². The molecule has 1 unspecified atom stereocenters. The van der Waals surface area contributed by atoms with Crippen LogP contribution in [0.5, 0.6) is 0 Å². The lowest BCUT2D eigenvalue weighted by molar-refractivity contribution is -0.130. The zero-order valence-electron chi connectivity index (χ0n) is 37.7. The summed E-state index contributed by atoms with van der Waals surface area (Å²) >= 11 is 0. The number of anilines is 2. The van der Waals surface area contributed by atoms with Gasteiger partial charge in [-0.25, -0.2) is 9.59 Å². The number of likely N-dealkylation sites (tertiary alicyclic amines) is 3. The Morgan fingerprint density at radius 1 is 0.641 bits per heavy atom. The van der Waals surface area contributed by atoms with Gasteiger partial charge >= 0.3 is 12.1 Å². The van der Waals surface area contributed by atoms with Crippen molar-refractivity contribution in [1.29, 1.82) is 5.26 Å². The van der Waals surface area contributed by atoms with Gasteiger partial charge in [0.15, 0.2) is 0 Å². The maximum Gasteiger partial charge on any atom is 0.341 e. The van der Waals surface area contributed by atoms with Crippen LogP contribution in [-0.2, 0) is 4.79 Å². The maximum absolute atomic E-state index is 15.1. The molecule has 4 aromatic carbocycles. The van der Waals surface area contributed by atoms with Crippen LogP contribution < -0.4 is 20.7 Å². The van der Waals surface area contributed by atoms with Crippen molar-refractivity contribution in [2.24, 2.45) is 0 Å². The summed E-state index contributed by atoms with van der Waals surface area (Å²) in [5, 5.41) is 18.0. The molecule has 3 aliphatic rings. The standard InChI is InChI=1S/C51H60N8O5/c1-34(2)53-50(63)58(46-30-43(17-13-35(46)3)48(61)55-26-21-41(22-27-55)39-10-7-6-8-11-39)59(51(64)54-45-12-9-25-57(33-45)37(5)60)47-31-44(18-14-36(47)4)49(62)56-28-23-42(24-29-56)40-19-15-38(32-52)16-20-40/h6-8,10-11,13-20,30-31,34,41-42,45H,9,12,21-29,33H2,1-5H3,(H,53,63)(H,54,64). The van der Waals surface area contributed by atoms with Gasteiger partial charge in [-0.15, -0.1) is 0 Å². The van der Waals surface area contributed by atoms with Crippen molar-refractivity contribution in [2.45, 2.75) is 97.1 Å². The molecule has 13 heteroatoms. The number of aryl methyl sites for hydroxylation is 2. The highest BCUT2D eigenvalue weighted by atomic mass is 16.2. The van der Waals surface area contributed by atoms with Crippen molar-refractivity contribution < 1.29 is 24.0 Å². The normalized spacial score (nSPS) is 17.1. The Morgan fingerprint density at radius 3 is 1.62 bits per heavy atom. The van der Waals surface area contributed by atoms with Crippen molar-refractivity contribution in [3.63, 3.8) is 0 Å². The Bertz CT molecular complexity index is 2380. The van der Waals surface area contributed by atoms with E-state index < -0.39 is 18.1 Å². The van der Waals surface area contributed by atoms with E-state index in [9.17, 15) is 24.4 Å². The Hall–Kier alpha value is -6.68. The highest BCUT2D eigenvalue weighted by Crippen LogP contribution is 2.34. The van der Waals surface area contributed by atoms with Gasteiger partial charge in [-0.2, -0.15) is 15.3 Å². The fourth-order valence-electron chi connectivity index (χ4n) is 9.23. The number of hydrogen-bond acceptors (Lipinski definition) is 6. The summed E-state index contributed by atoms with van der Waals surface area (Å²) in [4.78, 5) is 76.2. The molecule has 1 atom stereocenters. The van der Waals surface area contributed by atoms with Crippen LogP contribution >= 0.6 is 0 Å². The van der Waals surface area contributed by atoms with Crippen LogP contribution in [0, 0.1) is 25.2 Å². The van der Waals surface area contributed by atoms with Gasteiger partial charge < -0.3 is 25.3 Å². The summed E-state index contributed by atoms with van der Waals surface area (Å²) in [6.07, 6.45) is 4.49. The van der Waals surface area contributed by atoms with E-state index in [0.717, 1.165) is 31.2 Å². The van der Waals surface area contributed by atoms with E-state index in [1.807, 2.05) is 80.0 Å². The summed E-state index contributed by atoms with van der Waals surface area (Å²) in [7, 11) is 0. The molecule has 3 aliphatic heterocycles. The minimum absolute atomic E-state index is 0.0851. The van der Waals surface area contributed by atoms with Crippen LogP contribution in [0.25, 0.3) is 0 Å². The number of nitrogens with zero attached hydrogens (tertiary/aromatic N) is 6. The molecule has 7 rings (SSSR count). The predicted octanol–water partition coefficient (Wildman–Crippen LogP) is 8.28. The highest BCUT2D eigenvalue weighted by molar-refractivity contribution is 6.08. The topological polar surface area (TPSA) is 149 Å². The number of piperidine rings is 3. The van der Waals surface area contributed by atoms with Gasteiger partial charge in [-0.05, 0) is 137 Å². The molecule has 13 nitrogen and oxygen atoms in total. The third-order valence-corrected chi connectivity index (χ3v) is 12.9. The van der Waals surface area contributed by atoms with Gasteiger partial charge in [0.2, 0.25) is 5.91 Å². The lowest BCUT2D eigenvalue weighted by Gasteiger charge is -2.39. The minimum Gasteiger partial charge on any atom is -0.341 e. The fraction of sp³-hybridized carbons (Fsp3) is 0.412. The summed E-state index contributed by atoms with van der Waals surface area (Å²) in [5.41, 5.74) is 5.68. The summed E-state index contributed by atoms with van der Waals surface area (Å²) in [5.74, 6) is 0.175. The molecule has 334 valence electrons. The zero-order chi connectivity index (χ0) is 45.5. The average molecular weight is 865 g/mol. The molecular weight excluding hydrogens is 805 g/mol. The molecule has 3 fully saturated rings. The smallest absolute Gasteiger partial charge is 0.341 e. The number of carbonyl (C=O) groups excluding carboxylic acids is 5. The third kappa shape index (κ3) is 10.4. The van der Waals surface area contributed by atoms with E-state index in [2.05, 4.69) is 28.8 Å². The lowest BCUT2D eigenvalue weighted by Crippen LogP contribution is -2.61. The number of urea groups is 2. The second-order valence-electron chi connectivity index (χ2n) is 17.8. The van der Waals surface area contributed by atoms with Gasteiger partial charge in [0.25, 0.3) is 11.8 Å². The second-order valence-corrected chi connectivity index (χ2v) is 17.8. The van der Waals surface area contributed by atoms with Crippen molar-refractivity contribution >= 4 is 41.2 Å². The summed E-state index contributed by atoms with van der Waals surface area (Å²) in [6.45, 7) is 12.0.